The first-order valence-electron chi connectivity index (χ1n) is 7.43. The Hall–Kier alpha value is -1.92. The fourth-order valence-corrected chi connectivity index (χ4v) is 2.91. The second-order valence-corrected chi connectivity index (χ2v) is 5.33. The minimum Gasteiger partial charge on any atom is -0.344 e. The molecule has 0 spiro atoms. The summed E-state index contributed by atoms with van der Waals surface area (Å²) >= 11 is 0. The van der Waals surface area contributed by atoms with E-state index in [2.05, 4.69) is 5.32 Å². The minimum atomic E-state index is -0.720. The Labute approximate surface area is 123 Å². The molecular weight excluding hydrogens is 274 g/mol. The number of carbonyl (C=O) groups is 4. The Morgan fingerprint density at radius 1 is 1.19 bits per heavy atom. The lowest BCUT2D eigenvalue weighted by molar-refractivity contribution is -0.152. The molecule has 0 radical (unpaired) electrons. The summed E-state index contributed by atoms with van der Waals surface area (Å²) < 4.78 is 0. The van der Waals surface area contributed by atoms with Gasteiger partial charge in [-0.25, -0.2) is 0 Å². The van der Waals surface area contributed by atoms with Crippen molar-refractivity contribution in [3.63, 3.8) is 0 Å². The topological polar surface area (TPSA) is 86.8 Å². The van der Waals surface area contributed by atoms with E-state index < -0.39 is 18.0 Å². The van der Waals surface area contributed by atoms with Gasteiger partial charge >= 0.3 is 0 Å². The highest BCUT2D eigenvalue weighted by molar-refractivity contribution is 6.05. The first kappa shape index (κ1) is 15.5. The standard InChI is InChI=1S/C14H21N3O4/c1-3-16(4-2)14(21)10-6-8-12(19)17(10)13(20)9-5-7-11(18)15-9/h9-10H,3-8H2,1-2H3,(H,15,18)/t9-,10-/m0/s1. The van der Waals surface area contributed by atoms with Crippen LogP contribution in [0.15, 0.2) is 0 Å². The lowest BCUT2D eigenvalue weighted by atomic mass is 10.1. The Morgan fingerprint density at radius 3 is 2.38 bits per heavy atom. The van der Waals surface area contributed by atoms with Crippen molar-refractivity contribution < 1.29 is 19.2 Å². The van der Waals surface area contributed by atoms with Gasteiger partial charge in [0.2, 0.25) is 17.7 Å². The van der Waals surface area contributed by atoms with Crippen LogP contribution in [0.4, 0.5) is 0 Å². The molecule has 0 aromatic rings. The molecule has 0 saturated carbocycles. The SMILES string of the molecule is CCN(CC)C(=O)[C@@H]1CCC(=O)N1C(=O)[C@@H]1CCC(=O)N1. The van der Waals surface area contributed by atoms with Crippen LogP contribution in [0.2, 0.25) is 0 Å². The molecule has 2 atom stereocenters. The molecule has 7 heteroatoms. The summed E-state index contributed by atoms with van der Waals surface area (Å²) in [6.45, 7) is 4.81. The van der Waals surface area contributed by atoms with Crippen LogP contribution in [0, 0.1) is 0 Å². The van der Waals surface area contributed by atoms with E-state index in [0.717, 1.165) is 4.90 Å². The molecule has 1 N–H and O–H groups in total. The normalized spacial score (nSPS) is 25.1. The van der Waals surface area contributed by atoms with Crippen LogP contribution < -0.4 is 5.32 Å². The number of likely N-dealkylation sites (tertiary alicyclic amines) is 1. The Bertz CT molecular complexity index is 473. The van der Waals surface area contributed by atoms with Crippen LogP contribution in [0.5, 0.6) is 0 Å². The smallest absolute Gasteiger partial charge is 0.252 e. The molecule has 4 amide bonds. The molecule has 2 rings (SSSR count). The largest absolute Gasteiger partial charge is 0.344 e. The van der Waals surface area contributed by atoms with Crippen molar-refractivity contribution in [2.24, 2.45) is 0 Å². The minimum absolute atomic E-state index is 0.188. The third-order valence-corrected chi connectivity index (χ3v) is 4.10. The number of likely N-dealkylation sites (N-methyl/N-ethyl adjacent to an activating group) is 1. The van der Waals surface area contributed by atoms with E-state index in [1.54, 1.807) is 4.90 Å². The van der Waals surface area contributed by atoms with Crippen molar-refractivity contribution in [1.82, 2.24) is 15.1 Å². The highest BCUT2D eigenvalue weighted by Crippen LogP contribution is 2.23. The molecule has 2 heterocycles. The van der Waals surface area contributed by atoms with Gasteiger partial charge in [0.05, 0.1) is 0 Å². The third kappa shape index (κ3) is 2.91. The van der Waals surface area contributed by atoms with Crippen LogP contribution in [0.1, 0.15) is 39.5 Å². The Balaban J connectivity index is 2.15. The first-order valence-corrected chi connectivity index (χ1v) is 7.43. The van der Waals surface area contributed by atoms with Crippen LogP contribution in [-0.2, 0) is 19.2 Å². The van der Waals surface area contributed by atoms with Gasteiger partial charge < -0.3 is 10.2 Å². The number of imide groups is 1. The van der Waals surface area contributed by atoms with E-state index in [1.165, 1.54) is 0 Å². The number of hydrogen-bond acceptors (Lipinski definition) is 4. The molecule has 0 aromatic carbocycles. The second kappa shape index (κ2) is 6.24. The summed E-state index contributed by atoms with van der Waals surface area (Å²) in [6, 6.07) is -1.39. The maximum atomic E-state index is 12.4. The number of carbonyl (C=O) groups excluding carboxylic acids is 4. The van der Waals surface area contributed by atoms with Crippen LogP contribution in [0.25, 0.3) is 0 Å². The molecule has 0 aromatic heterocycles. The number of rotatable bonds is 4. The summed E-state index contributed by atoms with van der Waals surface area (Å²) in [7, 11) is 0. The number of amides is 4. The molecule has 0 bridgehead atoms. The van der Waals surface area contributed by atoms with E-state index >= 15 is 0 Å². The van der Waals surface area contributed by atoms with Gasteiger partial charge in [0.25, 0.3) is 5.91 Å². The van der Waals surface area contributed by atoms with E-state index in [1.807, 2.05) is 13.8 Å². The summed E-state index contributed by atoms with van der Waals surface area (Å²) in [6.07, 6.45) is 1.23. The predicted molar refractivity (Wildman–Crippen MR) is 74.0 cm³/mol. The van der Waals surface area contributed by atoms with Gasteiger partial charge in [-0.2, -0.15) is 0 Å². The van der Waals surface area contributed by atoms with Crippen molar-refractivity contribution in [2.45, 2.75) is 51.6 Å². The van der Waals surface area contributed by atoms with Gasteiger partial charge in [0, 0.05) is 25.9 Å². The molecule has 2 fully saturated rings. The summed E-state index contributed by atoms with van der Waals surface area (Å²) in [5.74, 6) is -1.16. The van der Waals surface area contributed by atoms with Gasteiger partial charge in [0.1, 0.15) is 12.1 Å². The fourth-order valence-electron chi connectivity index (χ4n) is 2.91. The van der Waals surface area contributed by atoms with Crippen molar-refractivity contribution in [2.75, 3.05) is 13.1 Å². The van der Waals surface area contributed by atoms with Gasteiger partial charge in [0.15, 0.2) is 0 Å². The predicted octanol–water partition coefficient (Wildman–Crippen LogP) is -0.349. The monoisotopic (exact) mass is 295 g/mol. The van der Waals surface area contributed by atoms with E-state index in [9.17, 15) is 19.2 Å². The number of nitrogens with zero attached hydrogens (tertiary/aromatic N) is 2. The van der Waals surface area contributed by atoms with Crippen LogP contribution >= 0.6 is 0 Å². The third-order valence-electron chi connectivity index (χ3n) is 4.10. The molecule has 2 saturated heterocycles. The molecule has 0 unspecified atom stereocenters. The number of nitrogens with one attached hydrogen (secondary N) is 1. The molecule has 2 aliphatic heterocycles. The zero-order valence-corrected chi connectivity index (χ0v) is 12.4. The van der Waals surface area contributed by atoms with Crippen LogP contribution in [-0.4, -0.2) is 58.6 Å². The van der Waals surface area contributed by atoms with Crippen LogP contribution in [0.3, 0.4) is 0 Å². The zero-order valence-electron chi connectivity index (χ0n) is 12.4. The molecule has 7 nitrogen and oxygen atoms in total. The van der Waals surface area contributed by atoms with Gasteiger partial charge in [-0.15, -0.1) is 0 Å². The van der Waals surface area contributed by atoms with Crippen molar-refractivity contribution in [3.8, 4) is 0 Å². The van der Waals surface area contributed by atoms with E-state index in [0.29, 0.717) is 25.9 Å². The van der Waals surface area contributed by atoms with E-state index in [-0.39, 0.29) is 30.6 Å². The quantitative estimate of drug-likeness (QED) is 0.718. The second-order valence-electron chi connectivity index (χ2n) is 5.33. The lowest BCUT2D eigenvalue weighted by Crippen LogP contribution is -2.53. The summed E-state index contributed by atoms with van der Waals surface area (Å²) in [5, 5.41) is 2.56. The average Bonchev–Trinajstić information content (AvgIpc) is 3.05. The maximum Gasteiger partial charge on any atom is 0.252 e. The van der Waals surface area contributed by atoms with Gasteiger partial charge in [-0.1, -0.05) is 0 Å². The molecule has 21 heavy (non-hydrogen) atoms. The van der Waals surface area contributed by atoms with Crippen molar-refractivity contribution in [3.05, 3.63) is 0 Å². The lowest BCUT2D eigenvalue weighted by Gasteiger charge is -2.29. The average molecular weight is 295 g/mol. The van der Waals surface area contributed by atoms with Gasteiger partial charge in [-0.3, -0.25) is 24.1 Å². The van der Waals surface area contributed by atoms with Crippen molar-refractivity contribution in [1.29, 1.82) is 0 Å². The molecule has 116 valence electrons. The van der Waals surface area contributed by atoms with Gasteiger partial charge in [-0.05, 0) is 26.7 Å². The number of hydrogen-bond donors (Lipinski definition) is 1. The Morgan fingerprint density at radius 2 is 1.86 bits per heavy atom. The Kier molecular flexibility index (Phi) is 4.59. The first-order chi connectivity index (χ1) is 9.99. The molecular formula is C14H21N3O4. The maximum absolute atomic E-state index is 12.4. The zero-order chi connectivity index (χ0) is 15.6. The molecule has 0 aliphatic carbocycles. The highest BCUT2D eigenvalue weighted by Gasteiger charge is 2.44. The van der Waals surface area contributed by atoms with Crippen molar-refractivity contribution >= 4 is 23.6 Å². The molecule has 2 aliphatic rings. The van der Waals surface area contributed by atoms with E-state index in [4.69, 9.17) is 0 Å². The summed E-state index contributed by atoms with van der Waals surface area (Å²) in [4.78, 5) is 50.8. The fraction of sp³-hybridized carbons (Fsp3) is 0.714. The summed E-state index contributed by atoms with van der Waals surface area (Å²) in [5.41, 5.74) is 0. The highest BCUT2D eigenvalue weighted by atomic mass is 16.2.